The first-order valence-electron chi connectivity index (χ1n) is 9.17. The molecule has 0 radical (unpaired) electrons. The molecule has 2 aliphatic rings. The highest BCUT2D eigenvalue weighted by molar-refractivity contribution is 6.07. The number of unbranched alkanes of at least 4 members (excludes halogenated alkanes) is 1. The summed E-state index contributed by atoms with van der Waals surface area (Å²) in [5.41, 5.74) is 1.69. The van der Waals surface area contributed by atoms with E-state index in [0.717, 1.165) is 24.1 Å². The van der Waals surface area contributed by atoms with Crippen LogP contribution in [0.4, 0.5) is 5.69 Å². The quantitative estimate of drug-likeness (QED) is 0.553. The minimum Gasteiger partial charge on any atom is -0.492 e. The van der Waals surface area contributed by atoms with E-state index in [9.17, 15) is 9.59 Å². The number of guanidine groups is 1. The molecule has 3 rings (SSSR count). The Kier molecular flexibility index (Phi) is 5.83. The van der Waals surface area contributed by atoms with E-state index in [1.54, 1.807) is 7.11 Å². The lowest BCUT2D eigenvalue weighted by atomic mass is 10.1. The van der Waals surface area contributed by atoms with Crippen molar-refractivity contribution >= 4 is 23.5 Å². The number of benzene rings is 1. The zero-order chi connectivity index (χ0) is 19.4. The lowest BCUT2D eigenvalue weighted by molar-refractivity contribution is -0.141. The highest BCUT2D eigenvalue weighted by Crippen LogP contribution is 2.41. The number of ether oxygens (including phenoxy) is 3. The predicted octanol–water partition coefficient (Wildman–Crippen LogP) is 2.13. The number of rotatable bonds is 8. The first kappa shape index (κ1) is 19.0. The number of carbonyl (C=O) groups excluding carboxylic acids is 2. The van der Waals surface area contributed by atoms with Crippen molar-refractivity contribution < 1.29 is 23.8 Å². The molecule has 0 bridgehead atoms. The molecule has 146 valence electrons. The van der Waals surface area contributed by atoms with Gasteiger partial charge in [0.2, 0.25) is 11.9 Å². The van der Waals surface area contributed by atoms with Crippen LogP contribution in [-0.2, 0) is 20.9 Å². The maximum Gasteiger partial charge on any atom is 0.302 e. The molecule has 1 aromatic carbocycles. The van der Waals surface area contributed by atoms with E-state index in [-0.39, 0.29) is 17.9 Å². The van der Waals surface area contributed by atoms with Crippen LogP contribution in [0.15, 0.2) is 17.1 Å². The van der Waals surface area contributed by atoms with Gasteiger partial charge in [0.1, 0.15) is 6.04 Å². The van der Waals surface area contributed by atoms with Gasteiger partial charge in [-0.05, 0) is 31.4 Å². The lowest BCUT2D eigenvalue weighted by Crippen LogP contribution is -2.36. The molecule has 1 amide bonds. The summed E-state index contributed by atoms with van der Waals surface area (Å²) in [6, 6.07) is 3.49. The minimum absolute atomic E-state index is 0.0210. The molecule has 0 aliphatic carbocycles. The second-order valence-corrected chi connectivity index (χ2v) is 6.47. The molecule has 1 atom stereocenters. The van der Waals surface area contributed by atoms with E-state index in [1.165, 1.54) is 6.92 Å². The van der Waals surface area contributed by atoms with Crippen LogP contribution in [-0.4, -0.2) is 49.1 Å². The van der Waals surface area contributed by atoms with Crippen molar-refractivity contribution in [2.24, 2.45) is 4.99 Å². The number of methoxy groups -OCH3 is 1. The summed E-state index contributed by atoms with van der Waals surface area (Å²) in [5.74, 6) is 1.60. The largest absolute Gasteiger partial charge is 0.492 e. The highest BCUT2D eigenvalue weighted by atomic mass is 16.5. The summed E-state index contributed by atoms with van der Waals surface area (Å²) in [5, 5.41) is 2.84. The standard InChI is InChI=1S/C19H25N3O5/c1-4-15-18(24)21-19-20-14-7-8-16(17(25-3)13(14)11-22(15)19)27-10-6-5-9-26-12(2)23/h7-8,15H,4-6,9-11H2,1-3H3,(H,20,21,24). The number of aliphatic imine (C=N–C) groups is 1. The molecule has 1 aromatic rings. The third kappa shape index (κ3) is 3.99. The Morgan fingerprint density at radius 2 is 2.11 bits per heavy atom. The van der Waals surface area contributed by atoms with Crippen LogP contribution >= 0.6 is 0 Å². The van der Waals surface area contributed by atoms with Crippen LogP contribution in [0.1, 0.15) is 38.7 Å². The van der Waals surface area contributed by atoms with Crippen LogP contribution in [0.3, 0.4) is 0 Å². The summed E-state index contributed by atoms with van der Waals surface area (Å²) in [6.45, 7) is 4.81. The van der Waals surface area contributed by atoms with E-state index in [4.69, 9.17) is 14.2 Å². The number of hydrogen-bond acceptors (Lipinski definition) is 7. The zero-order valence-electron chi connectivity index (χ0n) is 15.9. The average Bonchev–Trinajstić information content (AvgIpc) is 2.96. The minimum atomic E-state index is -0.271. The fourth-order valence-corrected chi connectivity index (χ4v) is 3.32. The molecule has 1 N–H and O–H groups in total. The number of nitrogens with zero attached hydrogens (tertiary/aromatic N) is 2. The van der Waals surface area contributed by atoms with E-state index < -0.39 is 0 Å². The fourth-order valence-electron chi connectivity index (χ4n) is 3.32. The summed E-state index contributed by atoms with van der Waals surface area (Å²) in [6.07, 6.45) is 2.21. The van der Waals surface area contributed by atoms with Crippen LogP contribution in [0, 0.1) is 0 Å². The topological polar surface area (TPSA) is 89.5 Å². The second-order valence-electron chi connectivity index (χ2n) is 6.47. The van der Waals surface area contributed by atoms with Crippen LogP contribution in [0.2, 0.25) is 0 Å². The Hall–Kier alpha value is -2.77. The number of esters is 1. The van der Waals surface area contributed by atoms with Gasteiger partial charge in [-0.25, -0.2) is 4.99 Å². The normalized spacial score (nSPS) is 17.6. The number of carbonyl (C=O) groups is 2. The van der Waals surface area contributed by atoms with Crippen LogP contribution in [0.5, 0.6) is 11.5 Å². The zero-order valence-corrected chi connectivity index (χ0v) is 15.9. The molecule has 0 saturated carbocycles. The lowest BCUT2D eigenvalue weighted by Gasteiger charge is -2.28. The van der Waals surface area contributed by atoms with Gasteiger partial charge < -0.3 is 19.1 Å². The van der Waals surface area contributed by atoms with Crippen LogP contribution < -0.4 is 14.8 Å². The van der Waals surface area contributed by atoms with Crippen molar-refractivity contribution in [1.82, 2.24) is 10.2 Å². The predicted molar refractivity (Wildman–Crippen MR) is 99.2 cm³/mol. The molecule has 1 unspecified atom stereocenters. The summed E-state index contributed by atoms with van der Waals surface area (Å²) in [4.78, 5) is 29.4. The molecular weight excluding hydrogens is 350 g/mol. The number of hydrogen-bond donors (Lipinski definition) is 1. The van der Waals surface area contributed by atoms with Crippen molar-refractivity contribution in [3.63, 3.8) is 0 Å². The maximum atomic E-state index is 12.1. The van der Waals surface area contributed by atoms with E-state index >= 15 is 0 Å². The molecule has 0 spiro atoms. The number of nitrogens with one attached hydrogen (secondary N) is 1. The van der Waals surface area contributed by atoms with Gasteiger partial charge in [-0.2, -0.15) is 0 Å². The molecular formula is C19H25N3O5. The Bertz CT molecular complexity index is 762. The Labute approximate surface area is 158 Å². The van der Waals surface area contributed by atoms with Gasteiger partial charge in [0.25, 0.3) is 0 Å². The first-order valence-corrected chi connectivity index (χ1v) is 9.17. The van der Waals surface area contributed by atoms with Gasteiger partial charge in [-0.1, -0.05) is 6.92 Å². The summed E-state index contributed by atoms with van der Waals surface area (Å²) in [7, 11) is 1.60. The molecule has 8 heteroatoms. The monoisotopic (exact) mass is 375 g/mol. The number of fused-ring (bicyclic) bond motifs is 2. The van der Waals surface area contributed by atoms with Crippen molar-refractivity contribution in [1.29, 1.82) is 0 Å². The van der Waals surface area contributed by atoms with Gasteiger partial charge in [0.05, 0.1) is 32.6 Å². The fraction of sp³-hybridized carbons (Fsp3) is 0.526. The van der Waals surface area contributed by atoms with Crippen molar-refractivity contribution in [3.8, 4) is 11.5 Å². The van der Waals surface area contributed by atoms with Gasteiger partial charge in [-0.15, -0.1) is 0 Å². The molecule has 8 nitrogen and oxygen atoms in total. The van der Waals surface area contributed by atoms with Gasteiger partial charge in [-0.3, -0.25) is 14.9 Å². The van der Waals surface area contributed by atoms with Gasteiger partial charge in [0, 0.05) is 12.5 Å². The molecule has 2 heterocycles. The van der Waals surface area contributed by atoms with Gasteiger partial charge in [0.15, 0.2) is 11.5 Å². The van der Waals surface area contributed by atoms with E-state index in [0.29, 0.717) is 43.6 Å². The van der Waals surface area contributed by atoms with E-state index in [1.807, 2.05) is 24.0 Å². The molecule has 1 fully saturated rings. The smallest absolute Gasteiger partial charge is 0.302 e. The van der Waals surface area contributed by atoms with Crippen molar-refractivity contribution in [2.75, 3.05) is 20.3 Å². The Balaban J connectivity index is 1.69. The first-order chi connectivity index (χ1) is 13.0. The third-order valence-electron chi connectivity index (χ3n) is 4.63. The SMILES string of the molecule is CCC1C(=O)NC2=Nc3ccc(OCCCCOC(C)=O)c(OC)c3CN21. The van der Waals surface area contributed by atoms with E-state index in [2.05, 4.69) is 10.3 Å². The van der Waals surface area contributed by atoms with Crippen LogP contribution in [0.25, 0.3) is 0 Å². The Morgan fingerprint density at radius 3 is 2.81 bits per heavy atom. The van der Waals surface area contributed by atoms with Crippen molar-refractivity contribution in [2.45, 2.75) is 45.7 Å². The molecule has 0 aromatic heterocycles. The summed E-state index contributed by atoms with van der Waals surface area (Å²) >= 11 is 0. The highest BCUT2D eigenvalue weighted by Gasteiger charge is 2.39. The summed E-state index contributed by atoms with van der Waals surface area (Å²) < 4.78 is 16.4. The van der Waals surface area contributed by atoms with Crippen molar-refractivity contribution in [3.05, 3.63) is 17.7 Å². The molecule has 1 saturated heterocycles. The average molecular weight is 375 g/mol. The maximum absolute atomic E-state index is 12.1. The van der Waals surface area contributed by atoms with Gasteiger partial charge >= 0.3 is 5.97 Å². The molecule has 27 heavy (non-hydrogen) atoms. The second kappa shape index (κ2) is 8.28. The Morgan fingerprint density at radius 1 is 1.33 bits per heavy atom. The third-order valence-corrected chi connectivity index (χ3v) is 4.63. The number of amides is 1. The molecule has 2 aliphatic heterocycles.